The van der Waals surface area contributed by atoms with Crippen LogP contribution in [0.15, 0.2) is 27.3 Å². The second-order valence-corrected chi connectivity index (χ2v) is 6.40. The zero-order chi connectivity index (χ0) is 13.9. The van der Waals surface area contributed by atoms with Crippen LogP contribution in [-0.2, 0) is 19.6 Å². The van der Waals surface area contributed by atoms with Crippen molar-refractivity contribution in [2.75, 3.05) is 7.05 Å². The molecule has 0 amide bonds. The Morgan fingerprint density at radius 1 is 1.40 bits per heavy atom. The maximum absolute atomic E-state index is 5.98. The van der Waals surface area contributed by atoms with Gasteiger partial charge >= 0.3 is 0 Å². The van der Waals surface area contributed by atoms with Gasteiger partial charge in [0.25, 0.3) is 0 Å². The van der Waals surface area contributed by atoms with E-state index in [1.807, 2.05) is 7.05 Å². The van der Waals surface area contributed by atoms with E-state index in [9.17, 15) is 0 Å². The summed E-state index contributed by atoms with van der Waals surface area (Å²) < 4.78 is 5.98. The fourth-order valence-corrected chi connectivity index (χ4v) is 3.24. The van der Waals surface area contributed by atoms with Crippen LogP contribution in [-0.4, -0.2) is 18.0 Å². The van der Waals surface area contributed by atoms with E-state index in [0.717, 1.165) is 37.2 Å². The number of hydrogen-bond acceptors (Lipinski definition) is 4. The first-order valence-corrected chi connectivity index (χ1v) is 8.18. The van der Waals surface area contributed by atoms with E-state index < -0.39 is 0 Å². The van der Waals surface area contributed by atoms with Crippen molar-refractivity contribution in [2.24, 2.45) is 0 Å². The van der Waals surface area contributed by atoms with Gasteiger partial charge in [0.2, 0.25) is 0 Å². The summed E-state index contributed by atoms with van der Waals surface area (Å²) in [5.41, 5.74) is 2.67. The standard InChI is InChI=1S/C16H22N2OS/c1-12-7-15(19-16(12)8-17-2)10-18(14-3-4-14)9-13-5-6-20-11-13/h5-7,11,14,17H,3-4,8-10H2,1-2H3. The van der Waals surface area contributed by atoms with Crippen LogP contribution in [0.1, 0.15) is 35.5 Å². The molecule has 2 aromatic heterocycles. The molecular weight excluding hydrogens is 268 g/mol. The molecule has 108 valence electrons. The van der Waals surface area contributed by atoms with Gasteiger partial charge in [0.05, 0.1) is 13.1 Å². The van der Waals surface area contributed by atoms with Gasteiger partial charge in [-0.3, -0.25) is 4.90 Å². The molecule has 20 heavy (non-hydrogen) atoms. The number of nitrogens with zero attached hydrogens (tertiary/aromatic N) is 1. The van der Waals surface area contributed by atoms with Gasteiger partial charge in [-0.25, -0.2) is 0 Å². The molecular formula is C16H22N2OS. The lowest BCUT2D eigenvalue weighted by molar-refractivity contribution is 0.223. The van der Waals surface area contributed by atoms with Crippen molar-refractivity contribution in [3.8, 4) is 0 Å². The quantitative estimate of drug-likeness (QED) is 0.845. The third kappa shape index (κ3) is 3.32. The summed E-state index contributed by atoms with van der Waals surface area (Å²) in [4.78, 5) is 2.55. The van der Waals surface area contributed by atoms with Gasteiger partial charge in [0.1, 0.15) is 11.5 Å². The minimum absolute atomic E-state index is 0.744. The van der Waals surface area contributed by atoms with E-state index in [-0.39, 0.29) is 0 Å². The molecule has 4 heteroatoms. The van der Waals surface area contributed by atoms with Gasteiger partial charge in [-0.1, -0.05) is 0 Å². The van der Waals surface area contributed by atoms with Crippen molar-refractivity contribution in [1.82, 2.24) is 10.2 Å². The summed E-state index contributed by atoms with van der Waals surface area (Å²) in [7, 11) is 1.95. The lowest BCUT2D eigenvalue weighted by Crippen LogP contribution is -2.24. The molecule has 3 nitrogen and oxygen atoms in total. The monoisotopic (exact) mass is 290 g/mol. The Balaban J connectivity index is 1.68. The molecule has 1 fully saturated rings. The van der Waals surface area contributed by atoms with Gasteiger partial charge in [0.15, 0.2) is 0 Å². The highest BCUT2D eigenvalue weighted by atomic mass is 32.1. The molecule has 0 spiro atoms. The minimum atomic E-state index is 0.744. The summed E-state index contributed by atoms with van der Waals surface area (Å²) in [6.07, 6.45) is 2.65. The molecule has 0 aliphatic heterocycles. The topological polar surface area (TPSA) is 28.4 Å². The smallest absolute Gasteiger partial charge is 0.120 e. The normalized spacial score (nSPS) is 15.2. The highest BCUT2D eigenvalue weighted by molar-refractivity contribution is 7.07. The maximum atomic E-state index is 5.98. The Hall–Kier alpha value is -1.10. The molecule has 0 radical (unpaired) electrons. The first-order chi connectivity index (χ1) is 9.76. The second kappa shape index (κ2) is 6.12. The molecule has 0 atom stereocenters. The van der Waals surface area contributed by atoms with Crippen LogP contribution in [0.4, 0.5) is 0 Å². The molecule has 0 bridgehead atoms. The van der Waals surface area contributed by atoms with Crippen LogP contribution in [0.25, 0.3) is 0 Å². The fraction of sp³-hybridized carbons (Fsp3) is 0.500. The number of furan rings is 1. The van der Waals surface area contributed by atoms with Crippen LogP contribution in [0.3, 0.4) is 0 Å². The average molecular weight is 290 g/mol. The van der Waals surface area contributed by atoms with E-state index in [1.165, 1.54) is 24.0 Å². The second-order valence-electron chi connectivity index (χ2n) is 5.62. The van der Waals surface area contributed by atoms with Crippen molar-refractivity contribution < 1.29 is 4.42 Å². The highest BCUT2D eigenvalue weighted by Crippen LogP contribution is 2.30. The summed E-state index contributed by atoms with van der Waals surface area (Å²) >= 11 is 1.77. The predicted molar refractivity (Wildman–Crippen MR) is 82.8 cm³/mol. The largest absolute Gasteiger partial charge is 0.463 e. The fourth-order valence-electron chi connectivity index (χ4n) is 2.58. The third-order valence-electron chi connectivity index (χ3n) is 3.80. The Morgan fingerprint density at radius 3 is 2.90 bits per heavy atom. The number of hydrogen-bond donors (Lipinski definition) is 1. The lowest BCUT2D eigenvalue weighted by atomic mass is 10.2. The first kappa shape index (κ1) is 13.9. The van der Waals surface area contributed by atoms with Crippen molar-refractivity contribution >= 4 is 11.3 Å². The van der Waals surface area contributed by atoms with E-state index in [4.69, 9.17) is 4.42 Å². The molecule has 1 aliphatic carbocycles. The number of nitrogens with one attached hydrogen (secondary N) is 1. The molecule has 0 unspecified atom stereocenters. The Bertz CT molecular complexity index is 543. The van der Waals surface area contributed by atoms with Crippen LogP contribution >= 0.6 is 11.3 Å². The first-order valence-electron chi connectivity index (χ1n) is 7.24. The Kier molecular flexibility index (Phi) is 4.24. The SMILES string of the molecule is CNCc1oc(CN(Cc2ccsc2)C2CC2)cc1C. The Morgan fingerprint density at radius 2 is 2.25 bits per heavy atom. The summed E-state index contributed by atoms with van der Waals surface area (Å²) in [6, 6.07) is 5.16. The van der Waals surface area contributed by atoms with Gasteiger partial charge in [0, 0.05) is 12.6 Å². The van der Waals surface area contributed by atoms with E-state index in [2.05, 4.69) is 40.0 Å². The minimum Gasteiger partial charge on any atom is -0.463 e. The molecule has 2 heterocycles. The number of rotatable bonds is 7. The molecule has 0 saturated heterocycles. The predicted octanol–water partition coefficient (Wildman–Crippen LogP) is 3.53. The highest BCUT2D eigenvalue weighted by Gasteiger charge is 2.29. The van der Waals surface area contributed by atoms with E-state index in [0.29, 0.717) is 0 Å². The zero-order valence-corrected chi connectivity index (χ0v) is 13.0. The van der Waals surface area contributed by atoms with Crippen molar-refractivity contribution in [2.45, 2.75) is 45.4 Å². The zero-order valence-electron chi connectivity index (χ0n) is 12.2. The van der Waals surface area contributed by atoms with Gasteiger partial charge in [-0.05, 0) is 60.8 Å². The van der Waals surface area contributed by atoms with Gasteiger partial charge in [-0.2, -0.15) is 11.3 Å². The summed E-state index contributed by atoms with van der Waals surface area (Å²) in [5.74, 6) is 2.16. The van der Waals surface area contributed by atoms with Crippen molar-refractivity contribution in [3.63, 3.8) is 0 Å². The van der Waals surface area contributed by atoms with Crippen molar-refractivity contribution in [3.05, 3.63) is 45.5 Å². The average Bonchev–Trinajstić information content (AvgIpc) is 3.05. The van der Waals surface area contributed by atoms with Gasteiger partial charge in [-0.15, -0.1) is 0 Å². The lowest BCUT2D eigenvalue weighted by Gasteiger charge is -2.20. The molecule has 2 aromatic rings. The van der Waals surface area contributed by atoms with Crippen LogP contribution < -0.4 is 5.32 Å². The molecule has 3 rings (SSSR count). The van der Waals surface area contributed by atoms with Crippen LogP contribution in [0, 0.1) is 6.92 Å². The molecule has 1 saturated carbocycles. The van der Waals surface area contributed by atoms with Gasteiger partial charge < -0.3 is 9.73 Å². The van der Waals surface area contributed by atoms with Crippen molar-refractivity contribution in [1.29, 1.82) is 0 Å². The van der Waals surface area contributed by atoms with Crippen LogP contribution in [0.5, 0.6) is 0 Å². The number of thiophene rings is 1. The van der Waals surface area contributed by atoms with Crippen LogP contribution in [0.2, 0.25) is 0 Å². The molecule has 0 aromatic carbocycles. The third-order valence-corrected chi connectivity index (χ3v) is 4.53. The molecule has 1 N–H and O–H groups in total. The molecule has 1 aliphatic rings. The van der Waals surface area contributed by atoms with E-state index >= 15 is 0 Å². The van der Waals surface area contributed by atoms with E-state index in [1.54, 1.807) is 11.3 Å². The Labute approximate surface area is 124 Å². The summed E-state index contributed by atoms with van der Waals surface area (Å²) in [6.45, 7) is 4.89. The summed E-state index contributed by atoms with van der Waals surface area (Å²) in [5, 5.41) is 7.56. The maximum Gasteiger partial charge on any atom is 0.120 e. The number of aryl methyl sites for hydroxylation is 1.